The first-order chi connectivity index (χ1) is 10.1. The van der Waals surface area contributed by atoms with Gasteiger partial charge in [0.15, 0.2) is 11.5 Å². The monoisotopic (exact) mass is 288 g/mol. The van der Waals surface area contributed by atoms with Crippen molar-refractivity contribution in [1.29, 1.82) is 0 Å². The van der Waals surface area contributed by atoms with Crippen LogP contribution in [0, 0.1) is 0 Å². The van der Waals surface area contributed by atoms with Crippen LogP contribution in [0.2, 0.25) is 0 Å². The Morgan fingerprint density at radius 2 is 2.10 bits per heavy atom. The van der Waals surface area contributed by atoms with Gasteiger partial charge in [0.25, 0.3) is 5.91 Å². The van der Waals surface area contributed by atoms with E-state index in [2.05, 4.69) is 17.4 Å². The molecule has 1 atom stereocenters. The third kappa shape index (κ3) is 3.84. The van der Waals surface area contributed by atoms with Gasteiger partial charge in [-0.1, -0.05) is 18.5 Å². The van der Waals surface area contributed by atoms with E-state index in [1.165, 1.54) is 0 Å². The fourth-order valence-electron chi connectivity index (χ4n) is 2.08. The molecule has 1 N–H and O–H groups in total. The normalized spacial score (nSPS) is 12.0. The zero-order valence-electron chi connectivity index (χ0n) is 12.6. The van der Waals surface area contributed by atoms with Crippen LogP contribution in [0.4, 0.5) is 0 Å². The van der Waals surface area contributed by atoms with E-state index in [1.54, 1.807) is 13.2 Å². The summed E-state index contributed by atoms with van der Waals surface area (Å²) in [6.45, 7) is 4.06. The molecule has 0 aliphatic rings. The van der Waals surface area contributed by atoms with E-state index in [0.717, 1.165) is 24.2 Å². The molecule has 2 rings (SSSR count). The fourth-order valence-corrected chi connectivity index (χ4v) is 2.08. The predicted octanol–water partition coefficient (Wildman–Crippen LogP) is 3.27. The van der Waals surface area contributed by atoms with Crippen molar-refractivity contribution in [3.05, 3.63) is 36.0 Å². The number of hydrogen-bond donors (Lipinski definition) is 1. The molecule has 1 amide bonds. The van der Waals surface area contributed by atoms with Crippen LogP contribution in [0.15, 0.2) is 34.9 Å². The molecule has 21 heavy (non-hydrogen) atoms. The van der Waals surface area contributed by atoms with Gasteiger partial charge in [0.05, 0.1) is 7.11 Å². The molecule has 1 aromatic heterocycles. The second kappa shape index (κ2) is 6.92. The van der Waals surface area contributed by atoms with Crippen LogP contribution in [0.1, 0.15) is 37.2 Å². The Morgan fingerprint density at radius 3 is 2.71 bits per heavy atom. The number of ether oxygens (including phenoxy) is 1. The minimum absolute atomic E-state index is 0.128. The molecule has 112 valence electrons. The summed E-state index contributed by atoms with van der Waals surface area (Å²) in [6, 6.07) is 9.17. The van der Waals surface area contributed by atoms with E-state index in [1.807, 2.05) is 31.2 Å². The number of rotatable bonds is 6. The van der Waals surface area contributed by atoms with Crippen molar-refractivity contribution in [3.63, 3.8) is 0 Å². The van der Waals surface area contributed by atoms with Crippen molar-refractivity contribution >= 4 is 5.91 Å². The van der Waals surface area contributed by atoms with Crippen LogP contribution in [0.3, 0.4) is 0 Å². The van der Waals surface area contributed by atoms with Gasteiger partial charge in [-0.15, -0.1) is 0 Å². The average Bonchev–Trinajstić information content (AvgIpc) is 2.97. The van der Waals surface area contributed by atoms with Crippen LogP contribution in [-0.4, -0.2) is 24.2 Å². The zero-order chi connectivity index (χ0) is 15.2. The molecular formula is C16H20N2O3. The number of nitrogens with zero attached hydrogens (tertiary/aromatic N) is 1. The summed E-state index contributed by atoms with van der Waals surface area (Å²) in [5.74, 6) is 1.12. The average molecular weight is 288 g/mol. The molecule has 5 nitrogen and oxygen atoms in total. The number of carbonyl (C=O) groups is 1. The Balaban J connectivity index is 2.08. The minimum Gasteiger partial charge on any atom is -0.497 e. The minimum atomic E-state index is -0.209. The molecule has 0 bridgehead atoms. The highest BCUT2D eigenvalue weighted by Crippen LogP contribution is 2.23. The SMILES string of the molecule is CCC[C@H](C)NC(=O)c1cc(-c2ccc(OC)cc2)on1. The van der Waals surface area contributed by atoms with Gasteiger partial charge in [-0.25, -0.2) is 0 Å². The smallest absolute Gasteiger partial charge is 0.273 e. The topological polar surface area (TPSA) is 64.4 Å². The predicted molar refractivity (Wildman–Crippen MR) is 80.3 cm³/mol. The van der Waals surface area contributed by atoms with Gasteiger partial charge in [0, 0.05) is 17.7 Å². The van der Waals surface area contributed by atoms with E-state index in [-0.39, 0.29) is 11.9 Å². The van der Waals surface area contributed by atoms with E-state index in [4.69, 9.17) is 9.26 Å². The van der Waals surface area contributed by atoms with Crippen molar-refractivity contribution < 1.29 is 14.1 Å². The molecule has 0 radical (unpaired) electrons. The summed E-state index contributed by atoms with van der Waals surface area (Å²) >= 11 is 0. The molecule has 0 aliphatic carbocycles. The highest BCUT2D eigenvalue weighted by atomic mass is 16.5. The molecule has 0 unspecified atom stereocenters. The fraction of sp³-hybridized carbons (Fsp3) is 0.375. The quantitative estimate of drug-likeness (QED) is 0.886. The maximum atomic E-state index is 12.0. The Morgan fingerprint density at radius 1 is 1.38 bits per heavy atom. The zero-order valence-corrected chi connectivity index (χ0v) is 12.6. The molecule has 1 aromatic carbocycles. The van der Waals surface area contributed by atoms with Gasteiger partial charge in [-0.3, -0.25) is 4.79 Å². The second-order valence-electron chi connectivity index (χ2n) is 4.97. The Labute approximate surface area is 124 Å². The summed E-state index contributed by atoms with van der Waals surface area (Å²) in [5, 5.41) is 6.73. The molecule has 0 saturated heterocycles. The van der Waals surface area contributed by atoms with Crippen LogP contribution < -0.4 is 10.1 Å². The Hall–Kier alpha value is -2.30. The number of methoxy groups -OCH3 is 1. The molecule has 0 spiro atoms. The number of hydrogen-bond acceptors (Lipinski definition) is 4. The second-order valence-corrected chi connectivity index (χ2v) is 4.97. The van der Waals surface area contributed by atoms with Gasteiger partial charge < -0.3 is 14.6 Å². The highest BCUT2D eigenvalue weighted by Gasteiger charge is 2.15. The lowest BCUT2D eigenvalue weighted by atomic mass is 10.1. The van der Waals surface area contributed by atoms with Crippen LogP contribution in [-0.2, 0) is 0 Å². The van der Waals surface area contributed by atoms with Crippen LogP contribution in [0.25, 0.3) is 11.3 Å². The van der Waals surface area contributed by atoms with Crippen molar-refractivity contribution in [3.8, 4) is 17.1 Å². The number of benzene rings is 1. The maximum Gasteiger partial charge on any atom is 0.273 e. The lowest BCUT2D eigenvalue weighted by Gasteiger charge is -2.10. The van der Waals surface area contributed by atoms with Gasteiger partial charge in [0.1, 0.15) is 5.75 Å². The van der Waals surface area contributed by atoms with E-state index in [0.29, 0.717) is 11.5 Å². The first kappa shape index (κ1) is 15.1. The largest absolute Gasteiger partial charge is 0.497 e. The van der Waals surface area contributed by atoms with E-state index >= 15 is 0 Å². The van der Waals surface area contributed by atoms with Gasteiger partial charge in [0.2, 0.25) is 0 Å². The number of nitrogens with one attached hydrogen (secondary N) is 1. The van der Waals surface area contributed by atoms with Gasteiger partial charge in [-0.2, -0.15) is 0 Å². The molecule has 2 aromatic rings. The lowest BCUT2D eigenvalue weighted by Crippen LogP contribution is -2.32. The van der Waals surface area contributed by atoms with Crippen molar-refractivity contribution in [2.45, 2.75) is 32.7 Å². The molecule has 1 heterocycles. The third-order valence-corrected chi connectivity index (χ3v) is 3.22. The molecule has 5 heteroatoms. The summed E-state index contributed by atoms with van der Waals surface area (Å²) in [4.78, 5) is 12.0. The number of carbonyl (C=O) groups excluding carboxylic acids is 1. The molecule has 0 saturated carbocycles. The summed E-state index contributed by atoms with van der Waals surface area (Å²) in [5.41, 5.74) is 1.15. The van der Waals surface area contributed by atoms with Crippen LogP contribution >= 0.6 is 0 Å². The summed E-state index contributed by atoms with van der Waals surface area (Å²) in [7, 11) is 1.61. The summed E-state index contributed by atoms with van der Waals surface area (Å²) < 4.78 is 10.3. The first-order valence-electron chi connectivity index (χ1n) is 7.06. The Bertz CT molecular complexity index is 590. The summed E-state index contributed by atoms with van der Waals surface area (Å²) in [6.07, 6.45) is 1.96. The molecule has 0 aliphatic heterocycles. The molecular weight excluding hydrogens is 268 g/mol. The number of amides is 1. The highest BCUT2D eigenvalue weighted by molar-refractivity contribution is 5.93. The third-order valence-electron chi connectivity index (χ3n) is 3.22. The van der Waals surface area contributed by atoms with Gasteiger partial charge in [-0.05, 0) is 37.6 Å². The van der Waals surface area contributed by atoms with Gasteiger partial charge >= 0.3 is 0 Å². The van der Waals surface area contributed by atoms with Crippen molar-refractivity contribution in [2.75, 3.05) is 7.11 Å². The lowest BCUT2D eigenvalue weighted by molar-refractivity contribution is 0.0929. The van der Waals surface area contributed by atoms with Crippen LogP contribution in [0.5, 0.6) is 5.75 Å². The maximum absolute atomic E-state index is 12.0. The first-order valence-corrected chi connectivity index (χ1v) is 7.06. The van der Waals surface area contributed by atoms with Crippen molar-refractivity contribution in [1.82, 2.24) is 10.5 Å². The molecule has 0 fully saturated rings. The van der Waals surface area contributed by atoms with E-state index < -0.39 is 0 Å². The van der Waals surface area contributed by atoms with E-state index in [9.17, 15) is 4.79 Å². The standard InChI is InChI=1S/C16H20N2O3/c1-4-5-11(2)17-16(19)14-10-15(21-18-14)12-6-8-13(20-3)9-7-12/h6-11H,4-5H2,1-3H3,(H,17,19)/t11-/m0/s1. The number of aromatic nitrogens is 1. The van der Waals surface area contributed by atoms with Crippen molar-refractivity contribution in [2.24, 2.45) is 0 Å². The Kier molecular flexibility index (Phi) is 4.98.